The molecule has 4 nitrogen and oxygen atoms in total. The highest BCUT2D eigenvalue weighted by Crippen LogP contribution is 2.04. The van der Waals surface area contributed by atoms with Crippen LogP contribution in [-0.2, 0) is 4.74 Å². The van der Waals surface area contributed by atoms with Gasteiger partial charge in [-0.05, 0) is 26.0 Å². The Morgan fingerprint density at radius 3 is 3.07 bits per heavy atom. The van der Waals surface area contributed by atoms with Crippen molar-refractivity contribution in [3.05, 3.63) is 23.9 Å². The zero-order valence-electron chi connectivity index (χ0n) is 9.03. The number of pyridine rings is 1. The molecule has 0 saturated heterocycles. The summed E-state index contributed by atoms with van der Waals surface area (Å²) in [5, 5.41) is 11.8. The van der Waals surface area contributed by atoms with E-state index in [1.165, 1.54) is 0 Å². The lowest BCUT2D eigenvalue weighted by atomic mass is 10.3. The highest BCUT2D eigenvalue weighted by molar-refractivity contribution is 5.42. The van der Waals surface area contributed by atoms with Gasteiger partial charge in [-0.1, -0.05) is 0 Å². The maximum absolute atomic E-state index is 8.68. The standard InChI is InChI=1S/C11H15N3O/c1-9(2)15-6-5-14-11-7-10(8-12)3-4-13-11/h3-4,7,9H,5-6H2,1-2H3,(H,13,14). The van der Waals surface area contributed by atoms with Crippen molar-refractivity contribution in [3.63, 3.8) is 0 Å². The highest BCUT2D eigenvalue weighted by Gasteiger charge is 1.96. The van der Waals surface area contributed by atoms with Gasteiger partial charge in [0.15, 0.2) is 0 Å². The number of ether oxygens (including phenoxy) is 1. The van der Waals surface area contributed by atoms with Crippen LogP contribution in [0.5, 0.6) is 0 Å². The summed E-state index contributed by atoms with van der Waals surface area (Å²) in [6.45, 7) is 5.32. The quantitative estimate of drug-likeness (QED) is 0.744. The number of hydrogen-bond donors (Lipinski definition) is 1. The van der Waals surface area contributed by atoms with Gasteiger partial charge in [-0.25, -0.2) is 4.98 Å². The Hall–Kier alpha value is -1.60. The molecule has 80 valence electrons. The van der Waals surface area contributed by atoms with Gasteiger partial charge in [0.05, 0.1) is 24.3 Å². The van der Waals surface area contributed by atoms with Crippen molar-refractivity contribution in [2.45, 2.75) is 20.0 Å². The lowest BCUT2D eigenvalue weighted by molar-refractivity contribution is 0.0870. The molecule has 4 heteroatoms. The van der Waals surface area contributed by atoms with Crippen LogP contribution < -0.4 is 5.32 Å². The summed E-state index contributed by atoms with van der Waals surface area (Å²) in [7, 11) is 0. The lowest BCUT2D eigenvalue weighted by Gasteiger charge is -2.08. The van der Waals surface area contributed by atoms with Crippen LogP contribution in [-0.4, -0.2) is 24.2 Å². The Morgan fingerprint density at radius 1 is 1.60 bits per heavy atom. The first-order valence-electron chi connectivity index (χ1n) is 4.94. The van der Waals surface area contributed by atoms with E-state index in [0.29, 0.717) is 24.5 Å². The molecular formula is C11H15N3O. The van der Waals surface area contributed by atoms with Crippen LogP contribution in [0.1, 0.15) is 19.4 Å². The molecule has 0 aliphatic carbocycles. The predicted octanol–water partition coefficient (Wildman–Crippen LogP) is 1.79. The van der Waals surface area contributed by atoms with Crippen molar-refractivity contribution in [2.75, 3.05) is 18.5 Å². The molecule has 0 spiro atoms. The molecule has 0 fully saturated rings. The molecule has 0 unspecified atom stereocenters. The topological polar surface area (TPSA) is 57.9 Å². The van der Waals surface area contributed by atoms with Crippen LogP contribution in [0.3, 0.4) is 0 Å². The summed E-state index contributed by atoms with van der Waals surface area (Å²) >= 11 is 0. The summed E-state index contributed by atoms with van der Waals surface area (Å²) < 4.78 is 5.36. The molecule has 0 aliphatic rings. The van der Waals surface area contributed by atoms with Crippen molar-refractivity contribution >= 4 is 5.82 Å². The van der Waals surface area contributed by atoms with Crippen molar-refractivity contribution in [2.24, 2.45) is 0 Å². The average molecular weight is 205 g/mol. The van der Waals surface area contributed by atoms with Gasteiger partial charge in [0.2, 0.25) is 0 Å². The van der Waals surface area contributed by atoms with Gasteiger partial charge >= 0.3 is 0 Å². The number of aromatic nitrogens is 1. The Balaban J connectivity index is 2.35. The third-order valence-electron chi connectivity index (χ3n) is 1.75. The van der Waals surface area contributed by atoms with E-state index >= 15 is 0 Å². The van der Waals surface area contributed by atoms with Crippen LogP contribution in [0, 0.1) is 11.3 Å². The van der Waals surface area contributed by atoms with Gasteiger partial charge in [-0.2, -0.15) is 5.26 Å². The molecule has 0 bridgehead atoms. The number of anilines is 1. The monoisotopic (exact) mass is 205 g/mol. The molecule has 0 aliphatic heterocycles. The second-order valence-electron chi connectivity index (χ2n) is 3.39. The third-order valence-corrected chi connectivity index (χ3v) is 1.75. The summed E-state index contributed by atoms with van der Waals surface area (Å²) in [4.78, 5) is 4.09. The summed E-state index contributed by atoms with van der Waals surface area (Å²) in [5.74, 6) is 0.710. The van der Waals surface area contributed by atoms with Crippen LogP contribution >= 0.6 is 0 Å². The molecule has 0 aromatic carbocycles. The molecular weight excluding hydrogens is 190 g/mol. The first kappa shape index (κ1) is 11.5. The van der Waals surface area contributed by atoms with Crippen LogP contribution in [0.25, 0.3) is 0 Å². The minimum atomic E-state index is 0.241. The molecule has 0 amide bonds. The summed E-state index contributed by atoms with van der Waals surface area (Å²) in [6, 6.07) is 5.46. The maximum Gasteiger partial charge on any atom is 0.127 e. The fraction of sp³-hybridized carbons (Fsp3) is 0.455. The largest absolute Gasteiger partial charge is 0.377 e. The Kier molecular flexibility index (Phi) is 4.58. The van der Waals surface area contributed by atoms with Gasteiger partial charge in [0.25, 0.3) is 0 Å². The van der Waals surface area contributed by atoms with Crippen molar-refractivity contribution < 1.29 is 4.74 Å². The van der Waals surface area contributed by atoms with Crippen molar-refractivity contribution in [1.82, 2.24) is 4.98 Å². The zero-order chi connectivity index (χ0) is 11.1. The lowest BCUT2D eigenvalue weighted by Crippen LogP contribution is -2.13. The minimum absolute atomic E-state index is 0.241. The minimum Gasteiger partial charge on any atom is -0.377 e. The third kappa shape index (κ3) is 4.43. The number of hydrogen-bond acceptors (Lipinski definition) is 4. The van der Waals surface area contributed by atoms with E-state index in [-0.39, 0.29) is 6.10 Å². The molecule has 0 atom stereocenters. The van der Waals surface area contributed by atoms with E-state index in [9.17, 15) is 0 Å². The average Bonchev–Trinajstić information content (AvgIpc) is 2.24. The summed E-state index contributed by atoms with van der Waals surface area (Å²) in [6.07, 6.45) is 1.86. The molecule has 1 heterocycles. The highest BCUT2D eigenvalue weighted by atomic mass is 16.5. The van der Waals surface area contributed by atoms with Crippen molar-refractivity contribution in [3.8, 4) is 6.07 Å². The number of nitriles is 1. The molecule has 0 saturated carbocycles. The van der Waals surface area contributed by atoms with E-state index in [2.05, 4.69) is 16.4 Å². The van der Waals surface area contributed by atoms with Gasteiger partial charge in [-0.15, -0.1) is 0 Å². The van der Waals surface area contributed by atoms with Gasteiger partial charge in [-0.3, -0.25) is 0 Å². The molecule has 1 N–H and O–H groups in total. The zero-order valence-corrected chi connectivity index (χ0v) is 9.03. The van der Waals surface area contributed by atoms with E-state index in [1.807, 2.05) is 13.8 Å². The predicted molar refractivity (Wildman–Crippen MR) is 58.5 cm³/mol. The smallest absolute Gasteiger partial charge is 0.127 e. The fourth-order valence-electron chi connectivity index (χ4n) is 1.07. The van der Waals surface area contributed by atoms with Crippen LogP contribution in [0.4, 0.5) is 5.82 Å². The molecule has 0 radical (unpaired) electrons. The molecule has 1 aromatic heterocycles. The first-order chi connectivity index (χ1) is 7.22. The molecule has 15 heavy (non-hydrogen) atoms. The number of rotatable bonds is 5. The Labute approximate surface area is 89.9 Å². The normalized spacial score (nSPS) is 10.0. The maximum atomic E-state index is 8.68. The van der Waals surface area contributed by atoms with Gasteiger partial charge < -0.3 is 10.1 Å². The second kappa shape index (κ2) is 5.99. The van der Waals surface area contributed by atoms with Crippen molar-refractivity contribution in [1.29, 1.82) is 5.26 Å². The van der Waals surface area contributed by atoms with Gasteiger partial charge in [0, 0.05) is 12.7 Å². The van der Waals surface area contributed by atoms with Crippen LogP contribution in [0.2, 0.25) is 0 Å². The summed E-state index contributed by atoms with van der Waals surface area (Å²) in [5.41, 5.74) is 0.609. The van der Waals surface area contributed by atoms with Crippen LogP contribution in [0.15, 0.2) is 18.3 Å². The second-order valence-corrected chi connectivity index (χ2v) is 3.39. The molecule has 1 aromatic rings. The van der Waals surface area contributed by atoms with E-state index in [4.69, 9.17) is 10.00 Å². The first-order valence-corrected chi connectivity index (χ1v) is 4.94. The van der Waals surface area contributed by atoms with E-state index < -0.39 is 0 Å². The number of nitrogens with one attached hydrogen (secondary N) is 1. The fourth-order valence-corrected chi connectivity index (χ4v) is 1.07. The van der Waals surface area contributed by atoms with Gasteiger partial charge in [0.1, 0.15) is 5.82 Å². The number of nitrogens with zero attached hydrogens (tertiary/aromatic N) is 2. The van der Waals surface area contributed by atoms with E-state index in [0.717, 1.165) is 0 Å². The Bertz CT molecular complexity index is 344. The SMILES string of the molecule is CC(C)OCCNc1cc(C#N)ccn1. The Morgan fingerprint density at radius 2 is 2.40 bits per heavy atom. The van der Waals surface area contributed by atoms with E-state index in [1.54, 1.807) is 18.3 Å². The molecule has 1 rings (SSSR count).